The predicted molar refractivity (Wildman–Crippen MR) is 116 cm³/mol. The predicted octanol–water partition coefficient (Wildman–Crippen LogP) is 4.94. The van der Waals surface area contributed by atoms with Crippen molar-refractivity contribution >= 4 is 11.8 Å². The lowest BCUT2D eigenvalue weighted by molar-refractivity contribution is 0.316. The third kappa shape index (κ3) is 5.18. The van der Waals surface area contributed by atoms with Gasteiger partial charge in [0, 0.05) is 11.3 Å². The Morgan fingerprint density at radius 3 is 2.30 bits per heavy atom. The summed E-state index contributed by atoms with van der Waals surface area (Å²) in [7, 11) is 4.69. The van der Waals surface area contributed by atoms with Crippen molar-refractivity contribution in [3.8, 4) is 34.5 Å². The molecule has 0 bridgehead atoms. The van der Waals surface area contributed by atoms with E-state index in [9.17, 15) is 0 Å². The van der Waals surface area contributed by atoms with Gasteiger partial charge in [-0.05, 0) is 49.6 Å². The van der Waals surface area contributed by atoms with Crippen LogP contribution in [0.25, 0.3) is 11.5 Å². The highest BCUT2D eigenvalue weighted by atomic mass is 32.2. The number of methoxy groups -OCH3 is 3. The molecular weight excluding hydrogens is 404 g/mol. The Labute approximate surface area is 180 Å². The molecule has 3 rings (SSSR count). The smallest absolute Gasteiger partial charge is 0.276 e. The summed E-state index contributed by atoms with van der Waals surface area (Å²) in [6, 6.07) is 9.77. The minimum atomic E-state index is 0.392. The molecule has 2 aromatic carbocycles. The first-order valence-electron chi connectivity index (χ1n) is 9.52. The van der Waals surface area contributed by atoms with Gasteiger partial charge in [-0.1, -0.05) is 23.9 Å². The summed E-state index contributed by atoms with van der Waals surface area (Å²) in [6.07, 6.45) is 0.861. The Balaban J connectivity index is 1.57. The van der Waals surface area contributed by atoms with Gasteiger partial charge in [0.15, 0.2) is 11.5 Å². The van der Waals surface area contributed by atoms with Gasteiger partial charge in [0.25, 0.3) is 5.22 Å². The first-order valence-corrected chi connectivity index (χ1v) is 10.5. The van der Waals surface area contributed by atoms with E-state index in [0.717, 1.165) is 23.5 Å². The van der Waals surface area contributed by atoms with Gasteiger partial charge < -0.3 is 23.4 Å². The molecule has 0 aliphatic heterocycles. The topological polar surface area (TPSA) is 75.8 Å². The molecule has 0 saturated heterocycles. The lowest BCUT2D eigenvalue weighted by atomic mass is 10.1. The van der Waals surface area contributed by atoms with E-state index >= 15 is 0 Å². The molecular formula is C22H26N2O5S. The second-order valence-electron chi connectivity index (χ2n) is 6.61. The van der Waals surface area contributed by atoms with Crippen LogP contribution in [0, 0.1) is 13.8 Å². The first kappa shape index (κ1) is 21.8. The average Bonchev–Trinajstić information content (AvgIpc) is 3.23. The number of ether oxygens (including phenoxy) is 4. The SMILES string of the molecule is COc1cc(-c2nnc(SCCCOc3cc(C)ccc3C)o2)cc(OC)c1OC. The fraction of sp³-hybridized carbons (Fsp3) is 0.364. The number of aryl methyl sites for hydroxylation is 2. The van der Waals surface area contributed by atoms with Gasteiger partial charge in [0.05, 0.1) is 27.9 Å². The van der Waals surface area contributed by atoms with Crippen molar-refractivity contribution in [2.45, 2.75) is 25.5 Å². The minimum Gasteiger partial charge on any atom is -0.493 e. The fourth-order valence-corrected chi connectivity index (χ4v) is 3.53. The molecule has 8 heteroatoms. The van der Waals surface area contributed by atoms with Crippen LogP contribution in [0.4, 0.5) is 0 Å². The molecule has 7 nitrogen and oxygen atoms in total. The molecule has 0 radical (unpaired) electrons. The molecule has 0 atom stereocenters. The van der Waals surface area contributed by atoms with Crippen LogP contribution in [0.2, 0.25) is 0 Å². The summed E-state index contributed by atoms with van der Waals surface area (Å²) >= 11 is 1.50. The second-order valence-corrected chi connectivity index (χ2v) is 7.65. The summed E-state index contributed by atoms with van der Waals surface area (Å²) in [5.74, 6) is 3.71. The van der Waals surface area contributed by atoms with E-state index in [-0.39, 0.29) is 0 Å². The molecule has 0 aliphatic rings. The van der Waals surface area contributed by atoms with Crippen LogP contribution in [-0.4, -0.2) is 43.9 Å². The van der Waals surface area contributed by atoms with Crippen molar-refractivity contribution in [1.29, 1.82) is 0 Å². The van der Waals surface area contributed by atoms with Crippen molar-refractivity contribution in [1.82, 2.24) is 10.2 Å². The van der Waals surface area contributed by atoms with E-state index < -0.39 is 0 Å². The monoisotopic (exact) mass is 430 g/mol. The maximum absolute atomic E-state index is 5.88. The van der Waals surface area contributed by atoms with Crippen molar-refractivity contribution in [2.24, 2.45) is 0 Å². The Kier molecular flexibility index (Phi) is 7.46. The number of benzene rings is 2. The molecule has 0 fully saturated rings. The molecule has 1 heterocycles. The number of aromatic nitrogens is 2. The van der Waals surface area contributed by atoms with Crippen LogP contribution in [0.5, 0.6) is 23.0 Å². The number of hydrogen-bond acceptors (Lipinski definition) is 8. The summed E-state index contributed by atoms with van der Waals surface area (Å²) < 4.78 is 27.8. The zero-order chi connectivity index (χ0) is 21.5. The number of rotatable bonds is 10. The molecule has 30 heavy (non-hydrogen) atoms. The highest BCUT2D eigenvalue weighted by Gasteiger charge is 2.17. The average molecular weight is 431 g/mol. The van der Waals surface area contributed by atoms with Crippen molar-refractivity contribution in [3.63, 3.8) is 0 Å². The number of nitrogens with zero attached hydrogens (tertiary/aromatic N) is 2. The molecule has 160 valence electrons. The standard InChI is InChI=1S/C22H26N2O5S/c1-14-7-8-15(2)17(11-14)28-9-6-10-30-22-24-23-21(29-22)16-12-18(25-3)20(27-5)19(13-16)26-4/h7-8,11-13H,6,9-10H2,1-5H3. The largest absolute Gasteiger partial charge is 0.493 e. The molecule has 3 aromatic rings. The zero-order valence-electron chi connectivity index (χ0n) is 17.9. The number of thioether (sulfide) groups is 1. The van der Waals surface area contributed by atoms with E-state index in [1.54, 1.807) is 33.5 Å². The first-order chi connectivity index (χ1) is 14.5. The Bertz CT molecular complexity index is 964. The summed E-state index contributed by atoms with van der Waals surface area (Å²) in [5.41, 5.74) is 3.03. The maximum atomic E-state index is 5.88. The normalized spacial score (nSPS) is 10.7. The van der Waals surface area contributed by atoms with Gasteiger partial charge in [-0.15, -0.1) is 10.2 Å². The third-order valence-electron chi connectivity index (χ3n) is 4.43. The van der Waals surface area contributed by atoms with Gasteiger partial charge >= 0.3 is 0 Å². The van der Waals surface area contributed by atoms with E-state index in [1.807, 2.05) is 6.92 Å². The van der Waals surface area contributed by atoms with Crippen molar-refractivity contribution in [2.75, 3.05) is 33.7 Å². The Morgan fingerprint density at radius 1 is 0.900 bits per heavy atom. The lowest BCUT2D eigenvalue weighted by Gasteiger charge is -2.12. The minimum absolute atomic E-state index is 0.392. The lowest BCUT2D eigenvalue weighted by Crippen LogP contribution is -2.00. The van der Waals surface area contributed by atoms with E-state index in [1.165, 1.54) is 17.3 Å². The molecule has 0 N–H and O–H groups in total. The third-order valence-corrected chi connectivity index (χ3v) is 5.34. The van der Waals surface area contributed by atoms with Crippen molar-refractivity contribution < 1.29 is 23.4 Å². The van der Waals surface area contributed by atoms with Gasteiger partial charge in [-0.2, -0.15) is 0 Å². The summed E-state index contributed by atoms with van der Waals surface area (Å²) in [5, 5.41) is 8.77. The molecule has 0 unspecified atom stereocenters. The molecule has 0 amide bonds. The van der Waals surface area contributed by atoms with E-state index in [4.69, 9.17) is 23.4 Å². The summed E-state index contributed by atoms with van der Waals surface area (Å²) in [4.78, 5) is 0. The maximum Gasteiger partial charge on any atom is 0.276 e. The van der Waals surface area contributed by atoms with Crippen LogP contribution in [0.1, 0.15) is 17.5 Å². The Hall–Kier alpha value is -2.87. The van der Waals surface area contributed by atoms with E-state index in [0.29, 0.717) is 40.5 Å². The zero-order valence-corrected chi connectivity index (χ0v) is 18.7. The van der Waals surface area contributed by atoms with Gasteiger partial charge in [-0.25, -0.2) is 0 Å². The molecule has 0 spiro atoms. The number of hydrogen-bond donors (Lipinski definition) is 0. The van der Waals surface area contributed by atoms with Crippen LogP contribution < -0.4 is 18.9 Å². The van der Waals surface area contributed by atoms with Crippen LogP contribution >= 0.6 is 11.8 Å². The van der Waals surface area contributed by atoms with E-state index in [2.05, 4.69) is 35.3 Å². The molecule has 0 saturated carbocycles. The molecule has 1 aromatic heterocycles. The highest BCUT2D eigenvalue weighted by Crippen LogP contribution is 2.41. The highest BCUT2D eigenvalue weighted by molar-refractivity contribution is 7.99. The van der Waals surface area contributed by atoms with Gasteiger partial charge in [0.1, 0.15) is 5.75 Å². The second kappa shape index (κ2) is 10.2. The van der Waals surface area contributed by atoms with Gasteiger partial charge in [-0.3, -0.25) is 0 Å². The van der Waals surface area contributed by atoms with Crippen molar-refractivity contribution in [3.05, 3.63) is 41.5 Å². The Morgan fingerprint density at radius 2 is 1.63 bits per heavy atom. The van der Waals surface area contributed by atoms with Crippen LogP contribution in [0.3, 0.4) is 0 Å². The van der Waals surface area contributed by atoms with Gasteiger partial charge in [0.2, 0.25) is 11.6 Å². The van der Waals surface area contributed by atoms with Crippen LogP contribution in [0.15, 0.2) is 40.0 Å². The quantitative estimate of drug-likeness (QED) is 0.331. The molecule has 0 aliphatic carbocycles. The van der Waals surface area contributed by atoms with Crippen LogP contribution in [-0.2, 0) is 0 Å². The summed E-state index contributed by atoms with van der Waals surface area (Å²) in [6.45, 7) is 4.74. The fourth-order valence-electron chi connectivity index (χ4n) is 2.85.